The Kier molecular flexibility index (Phi) is 5.19. The van der Waals surface area contributed by atoms with Gasteiger partial charge in [0.1, 0.15) is 11.5 Å². The summed E-state index contributed by atoms with van der Waals surface area (Å²) in [6.07, 6.45) is 3.02. The fourth-order valence-electron chi connectivity index (χ4n) is 3.53. The summed E-state index contributed by atoms with van der Waals surface area (Å²) in [6, 6.07) is 7.04. The molecule has 7 nitrogen and oxygen atoms in total. The zero-order chi connectivity index (χ0) is 18.0. The number of nitrogens with zero attached hydrogens (tertiary/aromatic N) is 2. The number of amides is 1. The van der Waals surface area contributed by atoms with Crippen molar-refractivity contribution in [3.8, 4) is 11.5 Å². The van der Waals surface area contributed by atoms with E-state index in [0.717, 1.165) is 12.8 Å². The summed E-state index contributed by atoms with van der Waals surface area (Å²) in [5.41, 5.74) is 0. The molecule has 1 amide bonds. The molecular weight excluding hydrogens is 344 g/mol. The van der Waals surface area contributed by atoms with Crippen LogP contribution in [0.3, 0.4) is 0 Å². The summed E-state index contributed by atoms with van der Waals surface area (Å²) < 4.78 is 36.0. The van der Waals surface area contributed by atoms with Crippen LogP contribution in [-0.4, -0.2) is 69.2 Å². The van der Waals surface area contributed by atoms with E-state index in [2.05, 4.69) is 0 Å². The lowest BCUT2D eigenvalue weighted by atomic mass is 9.95. The minimum atomic E-state index is -3.24. The third kappa shape index (κ3) is 4.24. The molecule has 25 heavy (non-hydrogen) atoms. The highest BCUT2D eigenvalue weighted by molar-refractivity contribution is 7.88. The van der Waals surface area contributed by atoms with E-state index in [1.807, 2.05) is 6.07 Å². The summed E-state index contributed by atoms with van der Waals surface area (Å²) in [5, 5.41) is 0. The molecule has 3 heterocycles. The van der Waals surface area contributed by atoms with Crippen molar-refractivity contribution < 1.29 is 22.7 Å². The molecule has 1 aromatic rings. The smallest absolute Gasteiger partial charge is 0.260 e. The molecule has 0 spiro atoms. The number of benzene rings is 1. The second-order valence-electron chi connectivity index (χ2n) is 6.69. The molecule has 0 unspecified atom stereocenters. The van der Waals surface area contributed by atoms with Gasteiger partial charge in [0.25, 0.3) is 5.91 Å². The number of fused-ring (bicyclic) bond motifs is 4. The molecule has 2 bridgehead atoms. The van der Waals surface area contributed by atoms with Gasteiger partial charge in [0.2, 0.25) is 10.0 Å². The molecular formula is C17H24N2O5S. The predicted octanol–water partition coefficient (Wildman–Crippen LogP) is 0.956. The lowest BCUT2D eigenvalue weighted by Crippen LogP contribution is -2.49. The second kappa shape index (κ2) is 7.21. The third-order valence-electron chi connectivity index (χ3n) is 4.87. The normalized spacial score (nSPS) is 24.0. The van der Waals surface area contributed by atoms with Gasteiger partial charge in [-0.3, -0.25) is 4.79 Å². The van der Waals surface area contributed by atoms with Crippen LogP contribution >= 0.6 is 0 Å². The van der Waals surface area contributed by atoms with E-state index in [9.17, 15) is 13.2 Å². The molecule has 0 N–H and O–H groups in total. The molecule has 8 heteroatoms. The largest absolute Gasteiger partial charge is 0.497 e. The van der Waals surface area contributed by atoms with E-state index < -0.39 is 10.0 Å². The van der Waals surface area contributed by atoms with Crippen LogP contribution in [0.15, 0.2) is 24.3 Å². The second-order valence-corrected chi connectivity index (χ2v) is 8.67. The van der Waals surface area contributed by atoms with Crippen LogP contribution in [0.4, 0.5) is 0 Å². The number of piperidine rings is 1. The van der Waals surface area contributed by atoms with Gasteiger partial charge in [-0.15, -0.1) is 0 Å². The summed E-state index contributed by atoms with van der Waals surface area (Å²) in [6.45, 7) is 1.41. The molecule has 3 saturated heterocycles. The number of hydrogen-bond donors (Lipinski definition) is 0. The van der Waals surface area contributed by atoms with Crippen molar-refractivity contribution in [2.45, 2.75) is 18.9 Å². The Labute approximate surface area is 148 Å². The standard InChI is InChI=1S/C17H24N2O5S/c1-23-15-4-3-5-16(8-15)24-12-17(20)19-10-13-6-7-14(19)11-18(9-13)25(2,21)22/h3-5,8,13-14H,6-7,9-12H2,1-2H3/t13-,14+/m0/s1. The van der Waals surface area contributed by atoms with E-state index in [1.54, 1.807) is 30.2 Å². The highest BCUT2D eigenvalue weighted by Gasteiger charge is 2.39. The van der Waals surface area contributed by atoms with E-state index in [0.29, 0.717) is 31.1 Å². The number of methoxy groups -OCH3 is 1. The van der Waals surface area contributed by atoms with Crippen LogP contribution in [-0.2, 0) is 14.8 Å². The van der Waals surface area contributed by atoms with Crippen LogP contribution in [0.2, 0.25) is 0 Å². The average molecular weight is 368 g/mol. The Morgan fingerprint density at radius 3 is 2.68 bits per heavy atom. The van der Waals surface area contributed by atoms with Crippen molar-refractivity contribution in [3.63, 3.8) is 0 Å². The van der Waals surface area contributed by atoms with Crippen molar-refractivity contribution >= 4 is 15.9 Å². The lowest BCUT2D eigenvalue weighted by Gasteiger charge is -2.36. The van der Waals surface area contributed by atoms with Crippen molar-refractivity contribution in [1.29, 1.82) is 0 Å². The molecule has 1 aromatic carbocycles. The van der Waals surface area contributed by atoms with Crippen LogP contribution in [0.1, 0.15) is 12.8 Å². The number of sulfonamides is 1. The molecule has 2 atom stereocenters. The number of carbonyl (C=O) groups is 1. The van der Waals surface area contributed by atoms with Gasteiger partial charge in [0.05, 0.1) is 13.4 Å². The van der Waals surface area contributed by atoms with Crippen molar-refractivity contribution in [2.24, 2.45) is 5.92 Å². The van der Waals surface area contributed by atoms with Gasteiger partial charge in [-0.1, -0.05) is 6.07 Å². The van der Waals surface area contributed by atoms with Crippen molar-refractivity contribution in [3.05, 3.63) is 24.3 Å². The first kappa shape index (κ1) is 18.0. The highest BCUT2D eigenvalue weighted by atomic mass is 32.2. The highest BCUT2D eigenvalue weighted by Crippen LogP contribution is 2.29. The van der Waals surface area contributed by atoms with Crippen LogP contribution in [0, 0.1) is 5.92 Å². The number of rotatable bonds is 5. The monoisotopic (exact) mass is 368 g/mol. The molecule has 3 aliphatic heterocycles. The minimum absolute atomic E-state index is 0.0603. The van der Waals surface area contributed by atoms with Crippen molar-refractivity contribution in [1.82, 2.24) is 9.21 Å². The summed E-state index contributed by atoms with van der Waals surface area (Å²) in [5.74, 6) is 1.33. The van der Waals surface area contributed by atoms with Gasteiger partial charge in [0, 0.05) is 31.7 Å². The first-order chi connectivity index (χ1) is 11.9. The van der Waals surface area contributed by atoms with Crippen LogP contribution in [0.25, 0.3) is 0 Å². The molecule has 0 radical (unpaired) electrons. The Hall–Kier alpha value is -1.80. The lowest BCUT2D eigenvalue weighted by molar-refractivity contribution is -0.137. The summed E-state index contributed by atoms with van der Waals surface area (Å²) >= 11 is 0. The molecule has 0 aliphatic carbocycles. The average Bonchev–Trinajstić information content (AvgIpc) is 2.92. The van der Waals surface area contributed by atoms with Gasteiger partial charge >= 0.3 is 0 Å². The van der Waals surface area contributed by atoms with Gasteiger partial charge < -0.3 is 14.4 Å². The fourth-order valence-corrected chi connectivity index (χ4v) is 4.46. The maximum atomic E-state index is 12.6. The van der Waals surface area contributed by atoms with Gasteiger partial charge in [-0.05, 0) is 30.9 Å². The maximum Gasteiger partial charge on any atom is 0.260 e. The first-order valence-electron chi connectivity index (χ1n) is 8.38. The van der Waals surface area contributed by atoms with Crippen LogP contribution in [0.5, 0.6) is 11.5 Å². The molecule has 138 valence electrons. The third-order valence-corrected chi connectivity index (χ3v) is 6.11. The van der Waals surface area contributed by atoms with Gasteiger partial charge in [-0.2, -0.15) is 4.31 Å². The first-order valence-corrected chi connectivity index (χ1v) is 10.2. The van der Waals surface area contributed by atoms with E-state index >= 15 is 0 Å². The van der Waals surface area contributed by atoms with Gasteiger partial charge in [0.15, 0.2) is 6.61 Å². The Balaban J connectivity index is 1.64. The zero-order valence-corrected chi connectivity index (χ0v) is 15.4. The van der Waals surface area contributed by atoms with Crippen molar-refractivity contribution in [2.75, 3.05) is 39.6 Å². The van der Waals surface area contributed by atoms with E-state index in [1.165, 1.54) is 10.6 Å². The molecule has 3 aliphatic rings. The zero-order valence-electron chi connectivity index (χ0n) is 14.6. The van der Waals surface area contributed by atoms with E-state index in [-0.39, 0.29) is 24.5 Å². The fraction of sp³-hybridized carbons (Fsp3) is 0.588. The molecule has 4 rings (SSSR count). The summed E-state index contributed by atoms with van der Waals surface area (Å²) in [7, 11) is -1.66. The summed E-state index contributed by atoms with van der Waals surface area (Å²) in [4.78, 5) is 14.4. The Bertz CT molecular complexity index is 736. The SMILES string of the molecule is COc1cccc(OCC(=O)N2C[C@H]3CC[C@@H]2CN(S(C)(=O)=O)C3)c1. The predicted molar refractivity (Wildman–Crippen MR) is 93.1 cm³/mol. The number of ether oxygens (including phenoxy) is 2. The quantitative estimate of drug-likeness (QED) is 0.774. The molecule has 0 saturated carbocycles. The molecule has 0 aromatic heterocycles. The topological polar surface area (TPSA) is 76.2 Å². The minimum Gasteiger partial charge on any atom is -0.497 e. The maximum absolute atomic E-state index is 12.6. The molecule has 3 fully saturated rings. The van der Waals surface area contributed by atoms with E-state index in [4.69, 9.17) is 9.47 Å². The van der Waals surface area contributed by atoms with Crippen LogP contribution < -0.4 is 9.47 Å². The number of hydrogen-bond acceptors (Lipinski definition) is 5. The Morgan fingerprint density at radius 2 is 1.96 bits per heavy atom. The Morgan fingerprint density at radius 1 is 1.20 bits per heavy atom. The number of carbonyl (C=O) groups excluding carboxylic acids is 1. The van der Waals surface area contributed by atoms with Gasteiger partial charge in [-0.25, -0.2) is 8.42 Å².